The second-order valence-electron chi connectivity index (χ2n) is 8.94. The third kappa shape index (κ3) is 3.61. The Kier molecular flexibility index (Phi) is 5.67. The van der Waals surface area contributed by atoms with E-state index in [0.717, 1.165) is 28.2 Å². The van der Waals surface area contributed by atoms with Crippen molar-refractivity contribution in [2.45, 2.75) is 52.1 Å². The molecule has 5 rings (SSSR count). The average Bonchev–Trinajstić information content (AvgIpc) is 3.23. The van der Waals surface area contributed by atoms with E-state index in [4.69, 9.17) is 9.72 Å². The first-order chi connectivity index (χ1) is 16.1. The lowest BCUT2D eigenvalue weighted by Crippen LogP contribution is -2.48. The van der Waals surface area contributed by atoms with Crippen molar-refractivity contribution in [2.75, 3.05) is 0 Å². The third-order valence-electron chi connectivity index (χ3n) is 7.47. The lowest BCUT2D eigenvalue weighted by Gasteiger charge is -2.32. The van der Waals surface area contributed by atoms with Crippen LogP contribution in [0.5, 0.6) is 5.75 Å². The van der Waals surface area contributed by atoms with Gasteiger partial charge in [-0.1, -0.05) is 75.3 Å². The molecule has 2 aromatic carbocycles. The Morgan fingerprint density at radius 1 is 0.939 bits per heavy atom. The highest BCUT2D eigenvalue weighted by Gasteiger charge is 2.37. The summed E-state index contributed by atoms with van der Waals surface area (Å²) in [5.41, 5.74) is 5.37. The molecule has 4 nitrogen and oxygen atoms in total. The molecule has 1 aliphatic rings. The number of hydrogen-bond donors (Lipinski definition) is 0. The number of fused-ring (bicyclic) bond motifs is 4. The van der Waals surface area contributed by atoms with E-state index < -0.39 is 8.07 Å². The summed E-state index contributed by atoms with van der Waals surface area (Å²) in [6, 6.07) is 25.6. The second kappa shape index (κ2) is 8.63. The molecule has 33 heavy (non-hydrogen) atoms. The van der Waals surface area contributed by atoms with Crippen LogP contribution in [-0.2, 0) is 13.2 Å². The van der Waals surface area contributed by atoms with Crippen molar-refractivity contribution in [2.24, 2.45) is 0 Å². The number of rotatable bonds is 7. The highest BCUT2D eigenvalue weighted by Crippen LogP contribution is 2.35. The Bertz CT molecular complexity index is 1370. The van der Waals surface area contributed by atoms with E-state index in [1.54, 1.807) is 6.07 Å². The molecule has 0 spiro atoms. The van der Waals surface area contributed by atoms with E-state index in [-0.39, 0.29) is 5.56 Å². The lowest BCUT2D eigenvalue weighted by molar-refractivity contribution is 0.306. The fourth-order valence-electron chi connectivity index (χ4n) is 5.41. The minimum absolute atomic E-state index is 0.0455. The maximum Gasteiger partial charge on any atom is 0.251 e. The van der Waals surface area contributed by atoms with Crippen LogP contribution in [0.1, 0.15) is 31.9 Å². The molecule has 0 amide bonds. The number of hydrogen-bond acceptors (Lipinski definition) is 3. The molecule has 4 aromatic rings. The number of aromatic nitrogens is 2. The maximum atomic E-state index is 12.6. The predicted molar refractivity (Wildman–Crippen MR) is 138 cm³/mol. The van der Waals surface area contributed by atoms with E-state index in [1.807, 2.05) is 41.0 Å². The topological polar surface area (TPSA) is 44.1 Å². The zero-order chi connectivity index (χ0) is 23.0. The van der Waals surface area contributed by atoms with Crippen molar-refractivity contribution in [3.8, 4) is 17.1 Å². The standard InChI is InChI=1S/C28H30N2O2Si/c1-4-33(5-2,6-3)28-22-17-21(32-19-20-11-8-7-9-12-20)15-16-24(22)29-27-23(28)18-30-25(27)13-10-14-26(30)31/h7-17H,4-6,18-19H2,1-3H3. The van der Waals surface area contributed by atoms with Gasteiger partial charge in [-0.2, -0.15) is 0 Å². The van der Waals surface area contributed by atoms with Gasteiger partial charge in [-0.15, -0.1) is 0 Å². The van der Waals surface area contributed by atoms with Gasteiger partial charge >= 0.3 is 0 Å². The van der Waals surface area contributed by atoms with E-state index >= 15 is 0 Å². The first kappa shape index (κ1) is 21.7. The summed E-state index contributed by atoms with van der Waals surface area (Å²) < 4.78 is 8.08. The Morgan fingerprint density at radius 2 is 1.70 bits per heavy atom. The van der Waals surface area contributed by atoms with Crippen molar-refractivity contribution in [3.05, 3.63) is 88.2 Å². The Morgan fingerprint density at radius 3 is 2.42 bits per heavy atom. The Labute approximate surface area is 195 Å². The normalized spacial score (nSPS) is 12.6. The fourth-order valence-corrected chi connectivity index (χ4v) is 9.58. The third-order valence-corrected chi connectivity index (χ3v) is 13.2. The molecule has 0 saturated carbocycles. The Hall–Kier alpha value is -3.18. The fraction of sp³-hybridized carbons (Fsp3) is 0.286. The molecule has 0 N–H and O–H groups in total. The van der Waals surface area contributed by atoms with Gasteiger partial charge in [0.25, 0.3) is 5.56 Å². The van der Waals surface area contributed by atoms with E-state index in [2.05, 4.69) is 45.0 Å². The largest absolute Gasteiger partial charge is 0.489 e. The smallest absolute Gasteiger partial charge is 0.251 e. The number of benzene rings is 2. The van der Waals surface area contributed by atoms with Gasteiger partial charge in [0.2, 0.25) is 0 Å². The summed E-state index contributed by atoms with van der Waals surface area (Å²) in [6.45, 7) is 8.16. The second-order valence-corrected chi connectivity index (χ2v) is 14.1. The maximum absolute atomic E-state index is 12.6. The summed E-state index contributed by atoms with van der Waals surface area (Å²) >= 11 is 0. The quantitative estimate of drug-likeness (QED) is 0.295. The number of nitrogens with zero attached hydrogens (tertiary/aromatic N) is 2. The summed E-state index contributed by atoms with van der Waals surface area (Å²) in [4.78, 5) is 17.7. The van der Waals surface area contributed by atoms with E-state index in [1.165, 1.54) is 34.3 Å². The van der Waals surface area contributed by atoms with Crippen LogP contribution >= 0.6 is 0 Å². The van der Waals surface area contributed by atoms with Crippen LogP contribution in [0, 0.1) is 0 Å². The van der Waals surface area contributed by atoms with Crippen LogP contribution < -0.4 is 15.5 Å². The molecular formula is C28H30N2O2Si. The molecule has 0 radical (unpaired) electrons. The summed E-state index contributed by atoms with van der Waals surface area (Å²) in [5, 5.41) is 2.68. The van der Waals surface area contributed by atoms with Crippen molar-refractivity contribution in [1.29, 1.82) is 0 Å². The van der Waals surface area contributed by atoms with Crippen molar-refractivity contribution < 1.29 is 4.74 Å². The van der Waals surface area contributed by atoms with Gasteiger partial charge in [-0.25, -0.2) is 4.98 Å². The highest BCUT2D eigenvalue weighted by molar-refractivity contribution is 6.93. The zero-order valence-electron chi connectivity index (χ0n) is 19.6. The van der Waals surface area contributed by atoms with Gasteiger partial charge in [-0.05, 0) is 40.6 Å². The van der Waals surface area contributed by atoms with Crippen LogP contribution in [-0.4, -0.2) is 17.6 Å². The molecule has 3 heterocycles. The molecule has 5 heteroatoms. The van der Waals surface area contributed by atoms with Gasteiger partial charge in [0, 0.05) is 11.5 Å². The van der Waals surface area contributed by atoms with Crippen LogP contribution in [0.4, 0.5) is 0 Å². The number of pyridine rings is 2. The van der Waals surface area contributed by atoms with Gasteiger partial charge < -0.3 is 9.30 Å². The minimum atomic E-state index is -1.79. The molecule has 168 valence electrons. The molecular weight excluding hydrogens is 424 g/mol. The summed E-state index contributed by atoms with van der Waals surface area (Å²) in [5.74, 6) is 0.869. The van der Waals surface area contributed by atoms with Crippen LogP contribution in [0.3, 0.4) is 0 Å². The van der Waals surface area contributed by atoms with Gasteiger partial charge in [0.15, 0.2) is 0 Å². The monoisotopic (exact) mass is 454 g/mol. The predicted octanol–water partition coefficient (Wildman–Crippen LogP) is 5.72. The SMILES string of the molecule is CC[Si](CC)(CC)c1c2c(nc3ccc(OCc4ccccc4)cc13)-c1cccc(=O)n1C2. The van der Waals surface area contributed by atoms with Gasteiger partial charge in [-0.3, -0.25) is 4.79 Å². The molecule has 0 aliphatic carbocycles. The zero-order valence-corrected chi connectivity index (χ0v) is 20.6. The van der Waals surface area contributed by atoms with E-state index in [9.17, 15) is 4.79 Å². The Balaban J connectivity index is 1.70. The lowest BCUT2D eigenvalue weighted by atomic mass is 10.1. The molecule has 1 aliphatic heterocycles. The van der Waals surface area contributed by atoms with Gasteiger partial charge in [0.1, 0.15) is 12.4 Å². The first-order valence-electron chi connectivity index (χ1n) is 11.9. The van der Waals surface area contributed by atoms with Crippen LogP contribution in [0.15, 0.2) is 71.5 Å². The summed E-state index contributed by atoms with van der Waals surface area (Å²) in [7, 11) is -1.79. The van der Waals surface area contributed by atoms with Crippen molar-refractivity contribution >= 4 is 24.2 Å². The van der Waals surface area contributed by atoms with Crippen LogP contribution in [0.25, 0.3) is 22.3 Å². The molecule has 2 aromatic heterocycles. The van der Waals surface area contributed by atoms with Crippen molar-refractivity contribution in [3.63, 3.8) is 0 Å². The summed E-state index contributed by atoms with van der Waals surface area (Å²) in [6.07, 6.45) is 0. The van der Waals surface area contributed by atoms with Crippen LogP contribution in [0.2, 0.25) is 18.1 Å². The molecule has 0 unspecified atom stereocenters. The first-order valence-corrected chi connectivity index (χ1v) is 14.6. The molecule has 0 bridgehead atoms. The highest BCUT2D eigenvalue weighted by atomic mass is 28.3. The average molecular weight is 455 g/mol. The van der Waals surface area contributed by atoms with Crippen molar-refractivity contribution in [1.82, 2.24) is 9.55 Å². The minimum Gasteiger partial charge on any atom is -0.489 e. The van der Waals surface area contributed by atoms with E-state index in [0.29, 0.717) is 13.2 Å². The number of ether oxygens (including phenoxy) is 1. The molecule has 0 saturated heterocycles. The van der Waals surface area contributed by atoms with Gasteiger partial charge in [0.05, 0.1) is 31.5 Å². The molecule has 0 atom stereocenters. The molecule has 0 fully saturated rings.